The Bertz CT molecular complexity index is 448. The Morgan fingerprint density at radius 3 is 2.88 bits per heavy atom. The molecule has 0 aliphatic carbocycles. The van der Waals surface area contributed by atoms with Gasteiger partial charge in [0.2, 0.25) is 5.89 Å². The lowest BCUT2D eigenvalue weighted by Crippen LogP contribution is -2.28. The second-order valence-corrected chi connectivity index (χ2v) is 4.27. The number of benzene rings is 1. The molecular weight excluding hydrogens is 216 g/mol. The van der Waals surface area contributed by atoms with Gasteiger partial charge in [-0.2, -0.15) is 0 Å². The second kappa shape index (κ2) is 5.29. The number of aliphatic hydroxyl groups excluding tert-OH is 1. The van der Waals surface area contributed by atoms with Crippen LogP contribution in [0.1, 0.15) is 38.2 Å². The summed E-state index contributed by atoms with van der Waals surface area (Å²) in [4.78, 5) is 4.25. The molecule has 1 heterocycles. The molecule has 1 aromatic heterocycles. The number of nitrogens with zero attached hydrogens (tertiary/aromatic N) is 1. The molecule has 0 aliphatic heterocycles. The van der Waals surface area contributed by atoms with Gasteiger partial charge < -0.3 is 15.3 Å². The van der Waals surface area contributed by atoms with Crippen molar-refractivity contribution in [1.82, 2.24) is 4.98 Å². The van der Waals surface area contributed by atoms with Crippen LogP contribution in [0, 0.1) is 0 Å². The largest absolute Gasteiger partial charge is 0.438 e. The van der Waals surface area contributed by atoms with Gasteiger partial charge in [0.15, 0.2) is 5.58 Å². The van der Waals surface area contributed by atoms with E-state index in [1.54, 1.807) is 0 Å². The number of hydrogen-bond acceptors (Lipinski definition) is 4. The zero-order valence-corrected chi connectivity index (χ0v) is 9.97. The molecule has 2 atom stereocenters. The average Bonchev–Trinajstić information content (AvgIpc) is 2.78. The molecule has 4 heteroatoms. The number of rotatable bonds is 5. The highest BCUT2D eigenvalue weighted by atomic mass is 16.4. The molecule has 0 spiro atoms. The third kappa shape index (κ3) is 2.65. The third-order valence-corrected chi connectivity index (χ3v) is 2.86. The minimum atomic E-state index is -0.825. The van der Waals surface area contributed by atoms with Gasteiger partial charge >= 0.3 is 0 Å². The zero-order chi connectivity index (χ0) is 12.3. The summed E-state index contributed by atoms with van der Waals surface area (Å²) < 4.78 is 5.49. The number of fused-ring (bicyclic) bond motifs is 1. The second-order valence-electron chi connectivity index (χ2n) is 4.27. The van der Waals surface area contributed by atoms with Crippen LogP contribution in [0.2, 0.25) is 0 Å². The first kappa shape index (κ1) is 12.1. The van der Waals surface area contributed by atoms with Gasteiger partial charge in [-0.25, -0.2) is 4.98 Å². The number of aliphatic hydroxyl groups is 1. The SMILES string of the molecule is CCCCC(N)C(O)c1nc2ccccc2o1. The summed E-state index contributed by atoms with van der Waals surface area (Å²) in [5.74, 6) is 0.315. The Labute approximate surface area is 100 Å². The molecule has 17 heavy (non-hydrogen) atoms. The molecule has 0 saturated heterocycles. The van der Waals surface area contributed by atoms with Crippen LogP contribution >= 0.6 is 0 Å². The fourth-order valence-corrected chi connectivity index (χ4v) is 1.80. The summed E-state index contributed by atoms with van der Waals surface area (Å²) in [6.45, 7) is 2.10. The lowest BCUT2D eigenvalue weighted by molar-refractivity contribution is 0.113. The van der Waals surface area contributed by atoms with Crippen LogP contribution in [0.5, 0.6) is 0 Å². The lowest BCUT2D eigenvalue weighted by atomic mass is 10.1. The molecule has 0 radical (unpaired) electrons. The maximum absolute atomic E-state index is 10.0. The topological polar surface area (TPSA) is 72.3 Å². The Morgan fingerprint density at radius 2 is 2.18 bits per heavy atom. The van der Waals surface area contributed by atoms with Crippen LogP contribution in [0.15, 0.2) is 28.7 Å². The first-order chi connectivity index (χ1) is 8.22. The molecule has 2 aromatic rings. The number of aromatic nitrogens is 1. The van der Waals surface area contributed by atoms with Gasteiger partial charge in [-0.3, -0.25) is 0 Å². The maximum Gasteiger partial charge on any atom is 0.225 e. The molecule has 3 N–H and O–H groups in total. The number of para-hydroxylation sites is 2. The molecule has 0 amide bonds. The van der Waals surface area contributed by atoms with E-state index in [4.69, 9.17) is 10.2 Å². The van der Waals surface area contributed by atoms with E-state index >= 15 is 0 Å². The first-order valence-corrected chi connectivity index (χ1v) is 6.01. The highest BCUT2D eigenvalue weighted by molar-refractivity contribution is 5.72. The van der Waals surface area contributed by atoms with Crippen LogP contribution in [0.3, 0.4) is 0 Å². The molecule has 2 rings (SSSR count). The Morgan fingerprint density at radius 1 is 1.41 bits per heavy atom. The smallest absolute Gasteiger partial charge is 0.225 e. The average molecular weight is 234 g/mol. The summed E-state index contributed by atoms with van der Waals surface area (Å²) in [6, 6.07) is 7.13. The van der Waals surface area contributed by atoms with Crippen molar-refractivity contribution in [1.29, 1.82) is 0 Å². The van der Waals surface area contributed by atoms with E-state index in [0.717, 1.165) is 24.8 Å². The van der Waals surface area contributed by atoms with E-state index in [-0.39, 0.29) is 6.04 Å². The zero-order valence-electron chi connectivity index (χ0n) is 9.97. The summed E-state index contributed by atoms with van der Waals surface area (Å²) in [5.41, 5.74) is 7.35. The first-order valence-electron chi connectivity index (χ1n) is 6.01. The molecule has 0 aliphatic rings. The molecule has 4 nitrogen and oxygen atoms in total. The fraction of sp³-hybridized carbons (Fsp3) is 0.462. The molecule has 0 fully saturated rings. The molecule has 1 aromatic carbocycles. The number of oxazole rings is 1. The Balaban J connectivity index is 2.15. The standard InChI is InChI=1S/C13H18N2O2/c1-2-3-6-9(14)12(16)13-15-10-7-4-5-8-11(10)17-13/h4-5,7-9,12,16H,2-3,6,14H2,1H3. The van der Waals surface area contributed by atoms with Crippen molar-refractivity contribution < 1.29 is 9.52 Å². The number of hydrogen-bond donors (Lipinski definition) is 2. The quantitative estimate of drug-likeness (QED) is 0.833. The van der Waals surface area contributed by atoms with Gasteiger partial charge in [0.25, 0.3) is 0 Å². The van der Waals surface area contributed by atoms with Gasteiger partial charge in [0.1, 0.15) is 11.6 Å². The van der Waals surface area contributed by atoms with Crippen LogP contribution in [0.25, 0.3) is 11.1 Å². The summed E-state index contributed by atoms with van der Waals surface area (Å²) in [5, 5.41) is 10.0. The fourth-order valence-electron chi connectivity index (χ4n) is 1.80. The van der Waals surface area contributed by atoms with Crippen LogP contribution in [0.4, 0.5) is 0 Å². The van der Waals surface area contributed by atoms with E-state index in [1.807, 2.05) is 24.3 Å². The van der Waals surface area contributed by atoms with Crippen molar-refractivity contribution in [3.8, 4) is 0 Å². The summed E-state index contributed by atoms with van der Waals surface area (Å²) in [7, 11) is 0. The Kier molecular flexibility index (Phi) is 3.76. The number of nitrogens with two attached hydrogens (primary N) is 1. The van der Waals surface area contributed by atoms with Crippen molar-refractivity contribution in [2.75, 3.05) is 0 Å². The number of unbranched alkanes of at least 4 members (excludes halogenated alkanes) is 1. The lowest BCUT2D eigenvalue weighted by Gasteiger charge is -2.14. The van der Waals surface area contributed by atoms with Gasteiger partial charge in [0.05, 0.1) is 0 Å². The van der Waals surface area contributed by atoms with Crippen molar-refractivity contribution in [2.24, 2.45) is 5.73 Å². The highest BCUT2D eigenvalue weighted by Crippen LogP contribution is 2.23. The predicted molar refractivity (Wildman–Crippen MR) is 66.5 cm³/mol. The molecular formula is C13H18N2O2. The van der Waals surface area contributed by atoms with E-state index in [9.17, 15) is 5.11 Å². The van der Waals surface area contributed by atoms with E-state index in [2.05, 4.69) is 11.9 Å². The van der Waals surface area contributed by atoms with Crippen molar-refractivity contribution in [3.05, 3.63) is 30.2 Å². The summed E-state index contributed by atoms with van der Waals surface area (Å²) >= 11 is 0. The molecule has 0 saturated carbocycles. The van der Waals surface area contributed by atoms with E-state index in [1.165, 1.54) is 0 Å². The summed E-state index contributed by atoms with van der Waals surface area (Å²) in [6.07, 6.45) is 2.01. The van der Waals surface area contributed by atoms with Gasteiger partial charge in [-0.1, -0.05) is 31.9 Å². The monoisotopic (exact) mass is 234 g/mol. The van der Waals surface area contributed by atoms with Crippen molar-refractivity contribution >= 4 is 11.1 Å². The van der Waals surface area contributed by atoms with Crippen LogP contribution < -0.4 is 5.73 Å². The van der Waals surface area contributed by atoms with E-state index < -0.39 is 6.10 Å². The third-order valence-electron chi connectivity index (χ3n) is 2.86. The minimum absolute atomic E-state index is 0.315. The van der Waals surface area contributed by atoms with Crippen LogP contribution in [-0.2, 0) is 0 Å². The Hall–Kier alpha value is -1.39. The normalized spacial score (nSPS) is 15.0. The maximum atomic E-state index is 10.0. The van der Waals surface area contributed by atoms with Gasteiger partial charge in [-0.15, -0.1) is 0 Å². The molecule has 2 unspecified atom stereocenters. The van der Waals surface area contributed by atoms with Gasteiger partial charge in [0, 0.05) is 6.04 Å². The van der Waals surface area contributed by atoms with Gasteiger partial charge in [-0.05, 0) is 18.6 Å². The highest BCUT2D eigenvalue weighted by Gasteiger charge is 2.21. The minimum Gasteiger partial charge on any atom is -0.438 e. The molecule has 0 bridgehead atoms. The van der Waals surface area contributed by atoms with Crippen molar-refractivity contribution in [3.63, 3.8) is 0 Å². The predicted octanol–water partition coefficient (Wildman–Crippen LogP) is 2.38. The van der Waals surface area contributed by atoms with E-state index in [0.29, 0.717) is 11.5 Å². The molecule has 92 valence electrons. The van der Waals surface area contributed by atoms with Crippen LogP contribution in [-0.4, -0.2) is 16.1 Å². The van der Waals surface area contributed by atoms with Crippen molar-refractivity contribution in [2.45, 2.75) is 38.3 Å².